The molecular formula is C14H22N4O3S. The summed E-state index contributed by atoms with van der Waals surface area (Å²) in [6.07, 6.45) is 2.48. The smallest absolute Gasteiger partial charge is 0.271 e. The minimum atomic E-state index is -3.36. The van der Waals surface area contributed by atoms with Crippen LogP contribution in [0.1, 0.15) is 48.7 Å². The van der Waals surface area contributed by atoms with E-state index in [1.54, 1.807) is 0 Å². The van der Waals surface area contributed by atoms with Gasteiger partial charge in [0.1, 0.15) is 17.3 Å². The first kappa shape index (κ1) is 15.5. The van der Waals surface area contributed by atoms with E-state index in [1.807, 2.05) is 0 Å². The van der Waals surface area contributed by atoms with Gasteiger partial charge in [-0.05, 0) is 24.7 Å². The largest absolute Gasteiger partial charge is 0.350 e. The van der Waals surface area contributed by atoms with E-state index in [2.05, 4.69) is 29.1 Å². The molecule has 22 heavy (non-hydrogen) atoms. The summed E-state index contributed by atoms with van der Waals surface area (Å²) in [5.74, 6) is -0.0559. The summed E-state index contributed by atoms with van der Waals surface area (Å²) in [5.41, 5.74) is 0.974. The highest BCUT2D eigenvalue weighted by atomic mass is 32.2. The van der Waals surface area contributed by atoms with Gasteiger partial charge in [-0.2, -0.15) is 0 Å². The molecule has 0 saturated carbocycles. The molecule has 3 rings (SSSR count). The minimum Gasteiger partial charge on any atom is -0.350 e. The molecule has 122 valence electrons. The van der Waals surface area contributed by atoms with E-state index in [0.717, 1.165) is 18.5 Å². The molecule has 0 spiro atoms. The van der Waals surface area contributed by atoms with Gasteiger partial charge in [-0.1, -0.05) is 13.8 Å². The van der Waals surface area contributed by atoms with Gasteiger partial charge < -0.3 is 10.3 Å². The third kappa shape index (κ3) is 3.03. The second-order valence-corrected chi connectivity index (χ2v) is 8.87. The van der Waals surface area contributed by atoms with E-state index in [9.17, 15) is 13.2 Å². The van der Waals surface area contributed by atoms with Crippen molar-refractivity contribution in [3.8, 4) is 0 Å². The lowest BCUT2D eigenvalue weighted by atomic mass is 9.88. The van der Waals surface area contributed by atoms with Gasteiger partial charge in [-0.3, -0.25) is 4.79 Å². The fourth-order valence-corrected chi connectivity index (χ4v) is 4.50. The number of nitrogens with zero attached hydrogens (tertiary/aromatic N) is 2. The van der Waals surface area contributed by atoms with Crippen LogP contribution in [-0.2, 0) is 22.2 Å². The quantitative estimate of drug-likeness (QED) is 0.852. The highest BCUT2D eigenvalue weighted by Gasteiger charge is 2.32. The summed E-state index contributed by atoms with van der Waals surface area (Å²) in [6.45, 7) is 5.86. The van der Waals surface area contributed by atoms with Crippen LogP contribution in [0.5, 0.6) is 0 Å². The van der Waals surface area contributed by atoms with E-state index in [0.29, 0.717) is 37.6 Å². The summed E-state index contributed by atoms with van der Waals surface area (Å²) >= 11 is 0. The Labute approximate surface area is 130 Å². The SMILES string of the molecule is CC1(C)CNC(=O)c2nc(CS(=O)(=O)N3CCCC3)[nH]c2C1. The number of sulfonamides is 1. The standard InChI is InChI=1S/C14H22N4O3S/c1-14(2)7-10-12(13(19)15-9-14)17-11(16-10)8-22(20,21)18-5-3-4-6-18/h3-9H2,1-2H3,(H,15,19)(H,16,17). The third-order valence-electron chi connectivity index (χ3n) is 4.20. The Morgan fingerprint density at radius 3 is 2.64 bits per heavy atom. The van der Waals surface area contributed by atoms with Crippen molar-refractivity contribution in [1.29, 1.82) is 0 Å². The van der Waals surface area contributed by atoms with Crippen LogP contribution in [-0.4, -0.2) is 48.2 Å². The summed E-state index contributed by atoms with van der Waals surface area (Å²) < 4.78 is 26.2. The number of hydrogen-bond donors (Lipinski definition) is 2. The first-order valence-corrected chi connectivity index (χ1v) is 9.22. The molecule has 3 heterocycles. The average molecular weight is 326 g/mol. The lowest BCUT2D eigenvalue weighted by Crippen LogP contribution is -2.32. The van der Waals surface area contributed by atoms with Crippen LogP contribution in [0.15, 0.2) is 0 Å². The van der Waals surface area contributed by atoms with Gasteiger partial charge in [0.2, 0.25) is 10.0 Å². The van der Waals surface area contributed by atoms with E-state index in [1.165, 1.54) is 4.31 Å². The van der Waals surface area contributed by atoms with Crippen LogP contribution in [0.2, 0.25) is 0 Å². The number of carbonyl (C=O) groups is 1. The minimum absolute atomic E-state index is 0.0848. The van der Waals surface area contributed by atoms with Gasteiger partial charge in [-0.25, -0.2) is 17.7 Å². The van der Waals surface area contributed by atoms with Crippen LogP contribution >= 0.6 is 0 Å². The molecular weight excluding hydrogens is 304 g/mol. The Kier molecular flexibility index (Phi) is 3.76. The Bertz CT molecular complexity index is 687. The van der Waals surface area contributed by atoms with Crippen molar-refractivity contribution in [3.63, 3.8) is 0 Å². The molecule has 1 amide bonds. The summed E-state index contributed by atoms with van der Waals surface area (Å²) in [4.78, 5) is 19.4. The Balaban J connectivity index is 1.85. The number of rotatable bonds is 3. The predicted molar refractivity (Wildman–Crippen MR) is 81.8 cm³/mol. The number of aromatic amines is 1. The van der Waals surface area contributed by atoms with Crippen molar-refractivity contribution >= 4 is 15.9 Å². The Hall–Kier alpha value is -1.41. The zero-order valence-electron chi connectivity index (χ0n) is 13.0. The molecule has 1 saturated heterocycles. The zero-order valence-corrected chi connectivity index (χ0v) is 13.8. The molecule has 0 bridgehead atoms. The molecule has 1 aromatic rings. The number of amides is 1. The zero-order chi connectivity index (χ0) is 16.0. The molecule has 1 aromatic heterocycles. The van der Waals surface area contributed by atoms with Crippen molar-refractivity contribution in [2.75, 3.05) is 19.6 Å². The lowest BCUT2D eigenvalue weighted by Gasteiger charge is -2.21. The van der Waals surface area contributed by atoms with Crippen LogP contribution in [0.3, 0.4) is 0 Å². The number of carbonyl (C=O) groups excluding carboxylic acids is 1. The van der Waals surface area contributed by atoms with Gasteiger partial charge in [0.15, 0.2) is 0 Å². The molecule has 0 aliphatic carbocycles. The lowest BCUT2D eigenvalue weighted by molar-refractivity contribution is 0.0940. The van der Waals surface area contributed by atoms with Gasteiger partial charge >= 0.3 is 0 Å². The van der Waals surface area contributed by atoms with Crippen molar-refractivity contribution < 1.29 is 13.2 Å². The third-order valence-corrected chi connectivity index (χ3v) is 5.99. The molecule has 2 aliphatic heterocycles. The second-order valence-electron chi connectivity index (χ2n) is 6.90. The van der Waals surface area contributed by atoms with E-state index in [-0.39, 0.29) is 17.1 Å². The molecule has 8 heteroatoms. The monoisotopic (exact) mass is 326 g/mol. The van der Waals surface area contributed by atoms with Crippen molar-refractivity contribution in [2.24, 2.45) is 5.41 Å². The van der Waals surface area contributed by atoms with Crippen LogP contribution in [0, 0.1) is 5.41 Å². The number of fused-ring (bicyclic) bond motifs is 1. The average Bonchev–Trinajstić information content (AvgIpc) is 3.03. The molecule has 7 nitrogen and oxygen atoms in total. The topological polar surface area (TPSA) is 95.2 Å². The van der Waals surface area contributed by atoms with E-state index >= 15 is 0 Å². The molecule has 0 aromatic carbocycles. The van der Waals surface area contributed by atoms with Crippen LogP contribution in [0.25, 0.3) is 0 Å². The van der Waals surface area contributed by atoms with Gasteiger partial charge in [0.05, 0.1) is 0 Å². The molecule has 1 fully saturated rings. The predicted octanol–water partition coefficient (Wildman–Crippen LogP) is 0.647. The number of H-pyrrole nitrogens is 1. The maximum atomic E-state index is 12.4. The Morgan fingerprint density at radius 2 is 1.95 bits per heavy atom. The molecule has 0 atom stereocenters. The van der Waals surface area contributed by atoms with E-state index in [4.69, 9.17) is 0 Å². The molecule has 2 aliphatic rings. The highest BCUT2D eigenvalue weighted by molar-refractivity contribution is 7.88. The maximum absolute atomic E-state index is 12.4. The second kappa shape index (κ2) is 5.34. The number of hydrogen-bond acceptors (Lipinski definition) is 4. The highest BCUT2D eigenvalue weighted by Crippen LogP contribution is 2.26. The molecule has 0 radical (unpaired) electrons. The number of aromatic nitrogens is 2. The molecule has 0 unspecified atom stereocenters. The normalized spacial score (nSPS) is 22.2. The fraction of sp³-hybridized carbons (Fsp3) is 0.714. The first-order chi connectivity index (χ1) is 10.3. The van der Waals surface area contributed by atoms with Crippen molar-refractivity contribution in [1.82, 2.24) is 19.6 Å². The Morgan fingerprint density at radius 1 is 1.27 bits per heavy atom. The maximum Gasteiger partial charge on any atom is 0.271 e. The van der Waals surface area contributed by atoms with Crippen molar-refractivity contribution in [2.45, 2.75) is 38.9 Å². The first-order valence-electron chi connectivity index (χ1n) is 7.61. The number of nitrogens with one attached hydrogen (secondary N) is 2. The summed E-state index contributed by atoms with van der Waals surface area (Å²) in [7, 11) is -3.36. The van der Waals surface area contributed by atoms with Crippen molar-refractivity contribution in [3.05, 3.63) is 17.2 Å². The van der Waals surface area contributed by atoms with Gasteiger partial charge in [-0.15, -0.1) is 0 Å². The van der Waals surface area contributed by atoms with Gasteiger partial charge in [0, 0.05) is 25.3 Å². The number of imidazole rings is 1. The van der Waals surface area contributed by atoms with Crippen LogP contribution in [0.4, 0.5) is 0 Å². The van der Waals surface area contributed by atoms with Gasteiger partial charge in [0.25, 0.3) is 5.91 Å². The summed E-state index contributed by atoms with van der Waals surface area (Å²) in [6, 6.07) is 0. The van der Waals surface area contributed by atoms with E-state index < -0.39 is 10.0 Å². The molecule has 2 N–H and O–H groups in total. The summed E-state index contributed by atoms with van der Waals surface area (Å²) in [5, 5.41) is 2.84. The fourth-order valence-electron chi connectivity index (χ4n) is 3.02. The van der Waals surface area contributed by atoms with Crippen LogP contribution < -0.4 is 5.32 Å².